The van der Waals surface area contributed by atoms with Gasteiger partial charge in [0.15, 0.2) is 5.17 Å². The Morgan fingerprint density at radius 2 is 1.86 bits per heavy atom. The number of amidine groups is 1. The number of aryl methyl sites for hydroxylation is 2. The van der Waals surface area contributed by atoms with Gasteiger partial charge in [-0.2, -0.15) is 0 Å². The van der Waals surface area contributed by atoms with Crippen LogP contribution in [0.5, 0.6) is 0 Å². The van der Waals surface area contributed by atoms with Crippen LogP contribution >= 0.6 is 11.8 Å². The predicted molar refractivity (Wildman–Crippen MR) is 93.7 cm³/mol. The summed E-state index contributed by atoms with van der Waals surface area (Å²) in [6.07, 6.45) is 0. The van der Waals surface area contributed by atoms with Crippen molar-refractivity contribution in [2.45, 2.75) is 32.6 Å². The first-order chi connectivity index (χ1) is 10.1. The molecule has 2 aromatic rings. The van der Waals surface area contributed by atoms with Gasteiger partial charge in [0, 0.05) is 5.75 Å². The smallest absolute Gasteiger partial charge is 0.154 e. The summed E-state index contributed by atoms with van der Waals surface area (Å²) >= 11 is 1.60. The van der Waals surface area contributed by atoms with Crippen molar-refractivity contribution in [1.29, 1.82) is 0 Å². The number of hydrogen-bond donors (Lipinski definition) is 1. The van der Waals surface area contributed by atoms with Crippen LogP contribution in [0.1, 0.15) is 35.2 Å². The molecule has 0 amide bonds. The maximum atomic E-state index is 6.06. The normalized spacial score (nSPS) is 13.2. The van der Waals surface area contributed by atoms with Gasteiger partial charge in [-0.1, -0.05) is 65.9 Å². The fourth-order valence-electron chi connectivity index (χ4n) is 2.14. The molecule has 3 heteroatoms. The van der Waals surface area contributed by atoms with Crippen LogP contribution in [-0.4, -0.2) is 5.17 Å². The lowest BCUT2D eigenvalue weighted by molar-refractivity contribution is 0.822. The van der Waals surface area contributed by atoms with Crippen molar-refractivity contribution in [3.05, 3.63) is 70.8 Å². The van der Waals surface area contributed by atoms with E-state index in [1.165, 1.54) is 22.3 Å². The quantitative estimate of drug-likeness (QED) is 0.661. The standard InChI is InChI=1S/C18H22N2S/c1-13-9-10-14(2)17(11-13)12-21-18(19)20-15(3)16-7-5-4-6-8-16/h4-11,15H,12H2,1-3H3,(H2,19,20)/t15-/m1/s1. The molecule has 0 aliphatic carbocycles. The third-order valence-electron chi connectivity index (χ3n) is 3.48. The molecule has 0 aliphatic heterocycles. The van der Waals surface area contributed by atoms with Gasteiger partial charge in [-0.15, -0.1) is 0 Å². The maximum absolute atomic E-state index is 6.06. The highest BCUT2D eigenvalue weighted by Crippen LogP contribution is 2.21. The van der Waals surface area contributed by atoms with Crippen molar-refractivity contribution >= 4 is 16.9 Å². The number of rotatable bonds is 4. The van der Waals surface area contributed by atoms with Gasteiger partial charge in [0.25, 0.3) is 0 Å². The molecule has 0 aliphatic rings. The van der Waals surface area contributed by atoms with Crippen LogP contribution in [-0.2, 0) is 5.75 Å². The molecule has 0 spiro atoms. The Labute approximate surface area is 131 Å². The molecule has 0 fully saturated rings. The zero-order valence-corrected chi connectivity index (χ0v) is 13.7. The molecule has 0 bridgehead atoms. The molecular weight excluding hydrogens is 276 g/mol. The summed E-state index contributed by atoms with van der Waals surface area (Å²) in [4.78, 5) is 4.57. The van der Waals surface area contributed by atoms with Crippen LogP contribution in [0.2, 0.25) is 0 Å². The second kappa shape index (κ2) is 7.32. The van der Waals surface area contributed by atoms with Gasteiger partial charge in [-0.05, 0) is 37.5 Å². The minimum Gasteiger partial charge on any atom is -0.379 e. The number of hydrogen-bond acceptors (Lipinski definition) is 2. The predicted octanol–water partition coefficient (Wildman–Crippen LogP) is 4.61. The van der Waals surface area contributed by atoms with Gasteiger partial charge in [0.1, 0.15) is 0 Å². The number of thioether (sulfide) groups is 1. The maximum Gasteiger partial charge on any atom is 0.154 e. The van der Waals surface area contributed by atoms with Gasteiger partial charge in [0.2, 0.25) is 0 Å². The van der Waals surface area contributed by atoms with Gasteiger partial charge in [0.05, 0.1) is 6.04 Å². The second-order valence-electron chi connectivity index (χ2n) is 5.27. The zero-order chi connectivity index (χ0) is 15.2. The van der Waals surface area contributed by atoms with E-state index in [2.05, 4.69) is 56.1 Å². The van der Waals surface area contributed by atoms with Crippen LogP contribution < -0.4 is 5.73 Å². The van der Waals surface area contributed by atoms with Crippen LogP contribution in [0.15, 0.2) is 53.5 Å². The van der Waals surface area contributed by atoms with Gasteiger partial charge in [-0.3, -0.25) is 4.99 Å². The Morgan fingerprint density at radius 1 is 1.14 bits per heavy atom. The van der Waals surface area contributed by atoms with E-state index >= 15 is 0 Å². The highest BCUT2D eigenvalue weighted by Gasteiger charge is 2.05. The Hall–Kier alpha value is -1.74. The minimum absolute atomic E-state index is 0.0947. The molecule has 2 nitrogen and oxygen atoms in total. The summed E-state index contributed by atoms with van der Waals surface area (Å²) in [7, 11) is 0. The first kappa shape index (κ1) is 15.6. The van der Waals surface area contributed by atoms with Crippen LogP contribution in [0, 0.1) is 13.8 Å². The lowest BCUT2D eigenvalue weighted by Gasteiger charge is -2.10. The first-order valence-electron chi connectivity index (χ1n) is 7.13. The zero-order valence-electron chi connectivity index (χ0n) is 12.8. The van der Waals surface area contributed by atoms with Crippen LogP contribution in [0.25, 0.3) is 0 Å². The first-order valence-corrected chi connectivity index (χ1v) is 8.12. The van der Waals surface area contributed by atoms with E-state index in [4.69, 9.17) is 5.73 Å². The highest BCUT2D eigenvalue weighted by atomic mass is 32.2. The summed E-state index contributed by atoms with van der Waals surface area (Å²) in [6.45, 7) is 6.32. The van der Waals surface area contributed by atoms with Crippen molar-refractivity contribution in [1.82, 2.24) is 0 Å². The fraction of sp³-hybridized carbons (Fsp3) is 0.278. The van der Waals surface area contributed by atoms with Gasteiger partial charge < -0.3 is 5.73 Å². The molecule has 0 saturated carbocycles. The molecule has 2 N–H and O–H groups in total. The lowest BCUT2D eigenvalue weighted by atomic mass is 10.1. The molecule has 0 radical (unpaired) electrons. The monoisotopic (exact) mass is 298 g/mol. The summed E-state index contributed by atoms with van der Waals surface area (Å²) in [5.74, 6) is 0.865. The van der Waals surface area contributed by atoms with E-state index in [0.29, 0.717) is 5.17 Å². The summed E-state index contributed by atoms with van der Waals surface area (Å²) < 4.78 is 0. The van der Waals surface area contributed by atoms with E-state index in [-0.39, 0.29) is 6.04 Å². The molecule has 110 valence electrons. The van der Waals surface area contributed by atoms with E-state index < -0.39 is 0 Å². The SMILES string of the molecule is Cc1ccc(C)c(CSC(N)=N[C@H](C)c2ccccc2)c1. The van der Waals surface area contributed by atoms with Crippen LogP contribution in [0.4, 0.5) is 0 Å². The minimum atomic E-state index is 0.0947. The molecular formula is C18H22N2S. The molecule has 0 aromatic heterocycles. The topological polar surface area (TPSA) is 38.4 Å². The van der Waals surface area contributed by atoms with Crippen molar-refractivity contribution in [3.8, 4) is 0 Å². The van der Waals surface area contributed by atoms with Crippen molar-refractivity contribution in [2.75, 3.05) is 0 Å². The Kier molecular flexibility index (Phi) is 5.45. The Morgan fingerprint density at radius 3 is 2.57 bits per heavy atom. The fourth-order valence-corrected chi connectivity index (χ4v) is 2.99. The van der Waals surface area contributed by atoms with Crippen molar-refractivity contribution < 1.29 is 0 Å². The summed E-state index contributed by atoms with van der Waals surface area (Å²) in [5, 5.41) is 0.646. The molecule has 0 heterocycles. The molecule has 2 aromatic carbocycles. The van der Waals surface area contributed by atoms with Crippen LogP contribution in [0.3, 0.4) is 0 Å². The molecule has 1 atom stereocenters. The van der Waals surface area contributed by atoms with E-state index in [1.54, 1.807) is 11.8 Å². The van der Waals surface area contributed by atoms with Crippen molar-refractivity contribution in [2.24, 2.45) is 10.7 Å². The van der Waals surface area contributed by atoms with Gasteiger partial charge in [-0.25, -0.2) is 0 Å². The largest absolute Gasteiger partial charge is 0.379 e. The summed E-state index contributed by atoms with van der Waals surface area (Å²) in [5.41, 5.74) is 11.2. The Bertz CT molecular complexity index is 620. The molecule has 0 unspecified atom stereocenters. The Balaban J connectivity index is 1.99. The lowest BCUT2D eigenvalue weighted by Crippen LogP contribution is -2.09. The molecule has 21 heavy (non-hydrogen) atoms. The van der Waals surface area contributed by atoms with E-state index in [1.807, 2.05) is 18.2 Å². The second-order valence-corrected chi connectivity index (χ2v) is 6.27. The number of benzene rings is 2. The molecule has 0 saturated heterocycles. The van der Waals surface area contributed by atoms with Gasteiger partial charge >= 0.3 is 0 Å². The number of aliphatic imine (C=N–C) groups is 1. The van der Waals surface area contributed by atoms with Crippen molar-refractivity contribution in [3.63, 3.8) is 0 Å². The average molecular weight is 298 g/mol. The van der Waals surface area contributed by atoms with E-state index in [0.717, 1.165) is 5.75 Å². The summed E-state index contributed by atoms with van der Waals surface area (Å²) in [6, 6.07) is 16.8. The average Bonchev–Trinajstić information content (AvgIpc) is 2.49. The third kappa shape index (κ3) is 4.64. The highest BCUT2D eigenvalue weighted by molar-refractivity contribution is 8.13. The number of nitrogens with two attached hydrogens (primary N) is 1. The van der Waals surface area contributed by atoms with E-state index in [9.17, 15) is 0 Å². The number of nitrogens with zero attached hydrogens (tertiary/aromatic N) is 1. The third-order valence-corrected chi connectivity index (χ3v) is 4.34. The molecule has 2 rings (SSSR count).